The number of amides is 1. The summed E-state index contributed by atoms with van der Waals surface area (Å²) < 4.78 is 14.3. The van der Waals surface area contributed by atoms with E-state index in [0.29, 0.717) is 11.0 Å². The van der Waals surface area contributed by atoms with Crippen molar-refractivity contribution in [2.75, 3.05) is 26.2 Å². The molecule has 0 radical (unpaired) electrons. The monoisotopic (exact) mass is 344 g/mol. The molecule has 0 saturated carbocycles. The third-order valence-electron chi connectivity index (χ3n) is 3.44. The Kier molecular flexibility index (Phi) is 5.51. The van der Waals surface area contributed by atoms with E-state index in [4.69, 9.17) is 5.11 Å². The van der Waals surface area contributed by atoms with Gasteiger partial charge in [0.25, 0.3) is 5.91 Å². The van der Waals surface area contributed by atoms with Crippen molar-refractivity contribution in [2.45, 2.75) is 18.9 Å². The number of rotatable bonds is 5. The molecule has 1 fully saturated rings. The van der Waals surface area contributed by atoms with Gasteiger partial charge in [0, 0.05) is 23.6 Å². The van der Waals surface area contributed by atoms with Gasteiger partial charge in [-0.2, -0.15) is 0 Å². The number of benzene rings is 1. The van der Waals surface area contributed by atoms with E-state index in [1.54, 1.807) is 12.1 Å². The summed E-state index contributed by atoms with van der Waals surface area (Å²) >= 11 is 3.21. The van der Waals surface area contributed by atoms with Crippen LogP contribution in [0.25, 0.3) is 0 Å². The van der Waals surface area contributed by atoms with Crippen LogP contribution in [0.2, 0.25) is 0 Å². The number of aliphatic hydroxyl groups excluding tert-OH is 1. The van der Waals surface area contributed by atoms with Crippen molar-refractivity contribution in [3.63, 3.8) is 0 Å². The van der Waals surface area contributed by atoms with Crippen molar-refractivity contribution in [3.8, 4) is 0 Å². The fourth-order valence-electron chi connectivity index (χ4n) is 2.44. The fraction of sp³-hybridized carbons (Fsp3) is 0.500. The van der Waals surface area contributed by atoms with E-state index in [-0.39, 0.29) is 24.8 Å². The SMILES string of the molecule is O=C(c1c(F)cccc1Br)N(CCO)CC1CCCN1. The van der Waals surface area contributed by atoms with Crippen LogP contribution in [0, 0.1) is 5.82 Å². The first-order chi connectivity index (χ1) is 9.63. The van der Waals surface area contributed by atoms with Crippen LogP contribution in [0.1, 0.15) is 23.2 Å². The molecule has 0 spiro atoms. The summed E-state index contributed by atoms with van der Waals surface area (Å²) in [6.07, 6.45) is 2.07. The van der Waals surface area contributed by atoms with Crippen LogP contribution in [-0.4, -0.2) is 48.2 Å². The molecule has 4 nitrogen and oxygen atoms in total. The Hall–Kier alpha value is -0.980. The summed E-state index contributed by atoms with van der Waals surface area (Å²) in [6.45, 7) is 1.50. The van der Waals surface area contributed by atoms with Crippen LogP contribution >= 0.6 is 15.9 Å². The summed E-state index contributed by atoms with van der Waals surface area (Å²) in [5, 5.41) is 12.4. The fourth-order valence-corrected chi connectivity index (χ4v) is 2.95. The Bertz CT molecular complexity index is 458. The van der Waals surface area contributed by atoms with Crippen LogP contribution in [0.5, 0.6) is 0 Å². The molecule has 20 heavy (non-hydrogen) atoms. The standard InChI is InChI=1S/C14H18BrFN2O2/c15-11-4-1-5-12(16)13(11)14(20)18(7-8-19)9-10-3-2-6-17-10/h1,4-5,10,17,19H,2-3,6-9H2. The Morgan fingerprint density at radius 3 is 2.95 bits per heavy atom. The average Bonchev–Trinajstić information content (AvgIpc) is 2.91. The van der Waals surface area contributed by atoms with Crippen molar-refractivity contribution < 1.29 is 14.3 Å². The van der Waals surface area contributed by atoms with Gasteiger partial charge < -0.3 is 15.3 Å². The lowest BCUT2D eigenvalue weighted by molar-refractivity contribution is 0.0701. The summed E-state index contributed by atoms with van der Waals surface area (Å²) in [5.41, 5.74) is 0.0268. The average molecular weight is 345 g/mol. The van der Waals surface area contributed by atoms with Gasteiger partial charge in [-0.05, 0) is 47.4 Å². The minimum absolute atomic E-state index is 0.0268. The quantitative estimate of drug-likeness (QED) is 0.855. The highest BCUT2D eigenvalue weighted by molar-refractivity contribution is 9.10. The molecule has 110 valence electrons. The highest BCUT2D eigenvalue weighted by Gasteiger charge is 2.25. The van der Waals surface area contributed by atoms with Crippen molar-refractivity contribution >= 4 is 21.8 Å². The zero-order valence-corrected chi connectivity index (χ0v) is 12.7. The predicted octanol–water partition coefficient (Wildman–Crippen LogP) is 1.77. The van der Waals surface area contributed by atoms with Gasteiger partial charge >= 0.3 is 0 Å². The third kappa shape index (κ3) is 3.56. The van der Waals surface area contributed by atoms with Gasteiger partial charge in [-0.3, -0.25) is 4.79 Å². The van der Waals surface area contributed by atoms with E-state index in [9.17, 15) is 9.18 Å². The van der Waals surface area contributed by atoms with Gasteiger partial charge in [0.15, 0.2) is 0 Å². The number of halogens is 2. The normalized spacial score (nSPS) is 18.2. The molecule has 6 heteroatoms. The maximum absolute atomic E-state index is 13.9. The number of nitrogens with one attached hydrogen (secondary N) is 1. The second kappa shape index (κ2) is 7.15. The lowest BCUT2D eigenvalue weighted by atomic mass is 10.1. The number of hydrogen-bond acceptors (Lipinski definition) is 3. The van der Waals surface area contributed by atoms with Crippen LogP contribution < -0.4 is 5.32 Å². The van der Waals surface area contributed by atoms with Crippen LogP contribution in [0.3, 0.4) is 0 Å². The molecule has 0 aromatic heterocycles. The molecule has 1 aromatic rings. The molecule has 1 atom stereocenters. The number of aliphatic hydroxyl groups is 1. The molecule has 1 amide bonds. The Balaban J connectivity index is 2.17. The number of nitrogens with zero attached hydrogens (tertiary/aromatic N) is 1. The molecule has 2 N–H and O–H groups in total. The zero-order valence-electron chi connectivity index (χ0n) is 11.1. The lowest BCUT2D eigenvalue weighted by Gasteiger charge is -2.25. The molecule has 0 aliphatic carbocycles. The minimum atomic E-state index is -0.549. The minimum Gasteiger partial charge on any atom is -0.395 e. The first-order valence-electron chi connectivity index (χ1n) is 6.71. The summed E-state index contributed by atoms with van der Waals surface area (Å²) in [5.74, 6) is -0.940. The van der Waals surface area contributed by atoms with E-state index < -0.39 is 11.7 Å². The summed E-state index contributed by atoms with van der Waals surface area (Å²) in [4.78, 5) is 14.0. The number of carbonyl (C=O) groups is 1. The Labute approximate surface area is 126 Å². The maximum Gasteiger partial charge on any atom is 0.258 e. The molecule has 1 aromatic carbocycles. The number of carbonyl (C=O) groups excluding carboxylic acids is 1. The van der Waals surface area contributed by atoms with Gasteiger partial charge in [-0.15, -0.1) is 0 Å². The highest BCUT2D eigenvalue weighted by atomic mass is 79.9. The summed E-state index contributed by atoms with van der Waals surface area (Å²) in [6, 6.07) is 4.67. The second-order valence-corrected chi connectivity index (χ2v) is 5.72. The van der Waals surface area contributed by atoms with E-state index >= 15 is 0 Å². The van der Waals surface area contributed by atoms with Crippen molar-refractivity contribution in [2.24, 2.45) is 0 Å². The second-order valence-electron chi connectivity index (χ2n) is 4.86. The molecule has 1 aliphatic rings. The van der Waals surface area contributed by atoms with Crippen LogP contribution in [-0.2, 0) is 0 Å². The van der Waals surface area contributed by atoms with Crippen molar-refractivity contribution in [1.82, 2.24) is 10.2 Å². The maximum atomic E-state index is 13.9. The van der Waals surface area contributed by atoms with Gasteiger partial charge in [-0.1, -0.05) is 6.07 Å². The van der Waals surface area contributed by atoms with E-state index in [0.717, 1.165) is 19.4 Å². The molecule has 1 heterocycles. The number of hydrogen-bond donors (Lipinski definition) is 2. The molecule has 1 aliphatic heterocycles. The largest absolute Gasteiger partial charge is 0.395 e. The molecular weight excluding hydrogens is 327 g/mol. The summed E-state index contributed by atoms with van der Waals surface area (Å²) in [7, 11) is 0. The van der Waals surface area contributed by atoms with Gasteiger partial charge in [0.2, 0.25) is 0 Å². The zero-order chi connectivity index (χ0) is 14.5. The smallest absolute Gasteiger partial charge is 0.258 e. The molecule has 0 bridgehead atoms. The Morgan fingerprint density at radius 2 is 2.35 bits per heavy atom. The van der Waals surface area contributed by atoms with E-state index in [1.165, 1.54) is 11.0 Å². The van der Waals surface area contributed by atoms with Gasteiger partial charge in [0.1, 0.15) is 5.82 Å². The first kappa shape index (κ1) is 15.4. The molecule has 1 saturated heterocycles. The predicted molar refractivity (Wildman–Crippen MR) is 78.1 cm³/mol. The van der Waals surface area contributed by atoms with Gasteiger partial charge in [-0.25, -0.2) is 4.39 Å². The first-order valence-corrected chi connectivity index (χ1v) is 7.50. The van der Waals surface area contributed by atoms with Crippen LogP contribution in [0.15, 0.2) is 22.7 Å². The van der Waals surface area contributed by atoms with Gasteiger partial charge in [0.05, 0.1) is 12.2 Å². The Morgan fingerprint density at radius 1 is 1.55 bits per heavy atom. The van der Waals surface area contributed by atoms with Crippen LogP contribution in [0.4, 0.5) is 4.39 Å². The van der Waals surface area contributed by atoms with E-state index in [1.807, 2.05) is 0 Å². The third-order valence-corrected chi connectivity index (χ3v) is 4.10. The van der Waals surface area contributed by atoms with E-state index in [2.05, 4.69) is 21.2 Å². The lowest BCUT2D eigenvalue weighted by Crippen LogP contribution is -2.42. The molecule has 2 rings (SSSR count). The van der Waals surface area contributed by atoms with Crippen molar-refractivity contribution in [3.05, 3.63) is 34.1 Å². The van der Waals surface area contributed by atoms with Crippen molar-refractivity contribution in [1.29, 1.82) is 0 Å². The molecular formula is C14H18BrFN2O2. The molecule has 1 unspecified atom stereocenters. The highest BCUT2D eigenvalue weighted by Crippen LogP contribution is 2.22. The topological polar surface area (TPSA) is 52.6 Å².